The number of aromatic carboxylic acids is 1. The fourth-order valence-corrected chi connectivity index (χ4v) is 2.57. The Morgan fingerprint density at radius 3 is 2.52 bits per heavy atom. The number of hydrogen-bond donors (Lipinski definition) is 2. The molecule has 0 radical (unpaired) electrons. The molecule has 0 aliphatic carbocycles. The highest BCUT2D eigenvalue weighted by molar-refractivity contribution is 6.30. The number of fused-ring (bicyclic) bond motifs is 1. The summed E-state index contributed by atoms with van der Waals surface area (Å²) in [4.78, 5) is 16.2. The number of carbonyl (C=O) groups is 1. The van der Waals surface area contributed by atoms with Crippen molar-refractivity contribution in [3.8, 4) is 17.0 Å². The minimum atomic E-state index is -1.11. The van der Waals surface area contributed by atoms with Crippen LogP contribution in [0, 0.1) is 0 Å². The molecule has 3 N–H and O–H groups in total. The zero-order chi connectivity index (χ0) is 16.6. The lowest BCUT2D eigenvalue weighted by Crippen LogP contribution is -2.07. The Balaban J connectivity index is 2.34. The standard InChI is InChI=1S/C17H13ClN2O3/c1-23-11-6-7-13-12(8-11)14(17(21)22)15(19)16(20-13)9-2-4-10(18)5-3-9/h2-8H,19H2,1H3,(H,21,22). The van der Waals surface area contributed by atoms with Crippen LogP contribution in [0.25, 0.3) is 22.2 Å². The Morgan fingerprint density at radius 1 is 1.22 bits per heavy atom. The summed E-state index contributed by atoms with van der Waals surface area (Å²) in [5.41, 5.74) is 7.86. The first kappa shape index (κ1) is 15.1. The molecule has 0 aliphatic heterocycles. The van der Waals surface area contributed by atoms with Gasteiger partial charge in [0.2, 0.25) is 0 Å². The first-order chi connectivity index (χ1) is 11.0. The Kier molecular flexibility index (Phi) is 3.80. The van der Waals surface area contributed by atoms with E-state index in [-0.39, 0.29) is 11.3 Å². The minimum Gasteiger partial charge on any atom is -0.497 e. The van der Waals surface area contributed by atoms with Crippen molar-refractivity contribution in [3.05, 3.63) is 53.1 Å². The van der Waals surface area contributed by atoms with Crippen molar-refractivity contribution in [1.29, 1.82) is 0 Å². The molecule has 0 atom stereocenters. The van der Waals surface area contributed by atoms with E-state index in [1.165, 1.54) is 7.11 Å². The van der Waals surface area contributed by atoms with E-state index in [0.717, 1.165) is 0 Å². The number of hydrogen-bond acceptors (Lipinski definition) is 4. The van der Waals surface area contributed by atoms with Gasteiger partial charge in [0, 0.05) is 16.0 Å². The molecule has 0 unspecified atom stereocenters. The molecule has 116 valence electrons. The Morgan fingerprint density at radius 2 is 1.91 bits per heavy atom. The second kappa shape index (κ2) is 5.78. The van der Waals surface area contributed by atoms with E-state index in [1.807, 2.05) is 0 Å². The maximum atomic E-state index is 11.7. The van der Waals surface area contributed by atoms with Crippen molar-refractivity contribution in [2.75, 3.05) is 12.8 Å². The molecule has 0 saturated carbocycles. The molecular weight excluding hydrogens is 316 g/mol. The number of aromatic nitrogens is 1. The van der Waals surface area contributed by atoms with E-state index < -0.39 is 5.97 Å². The second-order valence-electron chi connectivity index (χ2n) is 4.94. The van der Waals surface area contributed by atoms with Gasteiger partial charge in [-0.25, -0.2) is 9.78 Å². The van der Waals surface area contributed by atoms with Crippen molar-refractivity contribution >= 4 is 34.2 Å². The van der Waals surface area contributed by atoms with E-state index in [0.29, 0.717) is 32.9 Å². The van der Waals surface area contributed by atoms with Gasteiger partial charge in [0.05, 0.1) is 29.6 Å². The number of halogens is 1. The third-order valence-corrected chi connectivity index (χ3v) is 3.81. The first-order valence-electron chi connectivity index (χ1n) is 6.77. The number of carboxylic acid groups (broad SMARTS) is 1. The van der Waals surface area contributed by atoms with Crippen LogP contribution in [0.15, 0.2) is 42.5 Å². The number of benzene rings is 2. The largest absolute Gasteiger partial charge is 0.497 e. The van der Waals surface area contributed by atoms with Gasteiger partial charge in [-0.05, 0) is 30.3 Å². The molecule has 0 bridgehead atoms. The molecule has 3 aromatic rings. The SMILES string of the molecule is COc1ccc2nc(-c3ccc(Cl)cc3)c(N)c(C(=O)O)c2c1. The zero-order valence-electron chi connectivity index (χ0n) is 12.2. The number of ether oxygens (including phenoxy) is 1. The number of nitrogens with two attached hydrogens (primary N) is 1. The normalized spacial score (nSPS) is 10.7. The molecule has 1 heterocycles. The van der Waals surface area contributed by atoms with E-state index in [9.17, 15) is 9.90 Å². The summed E-state index contributed by atoms with van der Waals surface area (Å²) in [6, 6.07) is 12.0. The summed E-state index contributed by atoms with van der Waals surface area (Å²) in [6.45, 7) is 0. The lowest BCUT2D eigenvalue weighted by Gasteiger charge is -2.12. The maximum Gasteiger partial charge on any atom is 0.338 e. The van der Waals surface area contributed by atoms with Crippen LogP contribution in [-0.2, 0) is 0 Å². The van der Waals surface area contributed by atoms with Gasteiger partial charge in [0.15, 0.2) is 0 Å². The summed E-state index contributed by atoms with van der Waals surface area (Å²) in [5.74, 6) is -0.571. The van der Waals surface area contributed by atoms with Crippen molar-refractivity contribution in [3.63, 3.8) is 0 Å². The summed E-state index contributed by atoms with van der Waals surface area (Å²) in [5, 5.41) is 10.6. The van der Waals surface area contributed by atoms with E-state index in [2.05, 4.69) is 4.98 Å². The summed E-state index contributed by atoms with van der Waals surface area (Å²) >= 11 is 5.89. The van der Waals surface area contributed by atoms with Gasteiger partial charge < -0.3 is 15.6 Å². The van der Waals surface area contributed by atoms with Crippen LogP contribution in [-0.4, -0.2) is 23.2 Å². The predicted molar refractivity (Wildman–Crippen MR) is 90.1 cm³/mol. The highest BCUT2D eigenvalue weighted by Crippen LogP contribution is 2.34. The van der Waals surface area contributed by atoms with Gasteiger partial charge in [-0.1, -0.05) is 23.7 Å². The molecule has 0 spiro atoms. The smallest absolute Gasteiger partial charge is 0.338 e. The topological polar surface area (TPSA) is 85.4 Å². The average Bonchev–Trinajstić information content (AvgIpc) is 2.54. The number of methoxy groups -OCH3 is 1. The number of rotatable bonds is 3. The van der Waals surface area contributed by atoms with E-state index in [1.54, 1.807) is 42.5 Å². The number of anilines is 1. The van der Waals surface area contributed by atoms with Crippen LogP contribution in [0.3, 0.4) is 0 Å². The average molecular weight is 329 g/mol. The molecule has 0 amide bonds. The lowest BCUT2D eigenvalue weighted by molar-refractivity contribution is 0.0700. The van der Waals surface area contributed by atoms with Crippen molar-refractivity contribution in [1.82, 2.24) is 4.98 Å². The lowest BCUT2D eigenvalue weighted by atomic mass is 10.0. The third-order valence-electron chi connectivity index (χ3n) is 3.56. The predicted octanol–water partition coefficient (Wildman–Crippen LogP) is 3.84. The van der Waals surface area contributed by atoms with Gasteiger partial charge in [0.25, 0.3) is 0 Å². The zero-order valence-corrected chi connectivity index (χ0v) is 13.0. The van der Waals surface area contributed by atoms with Gasteiger partial charge in [-0.15, -0.1) is 0 Å². The number of nitrogen functional groups attached to an aromatic ring is 1. The van der Waals surface area contributed by atoms with Crippen LogP contribution in [0.1, 0.15) is 10.4 Å². The Hall–Kier alpha value is -2.79. The molecule has 2 aromatic carbocycles. The van der Waals surface area contributed by atoms with E-state index in [4.69, 9.17) is 22.1 Å². The number of pyridine rings is 1. The van der Waals surface area contributed by atoms with Crippen LogP contribution in [0.4, 0.5) is 5.69 Å². The molecule has 23 heavy (non-hydrogen) atoms. The second-order valence-corrected chi connectivity index (χ2v) is 5.38. The van der Waals surface area contributed by atoms with Crippen molar-refractivity contribution < 1.29 is 14.6 Å². The van der Waals surface area contributed by atoms with Crippen LogP contribution in [0.2, 0.25) is 5.02 Å². The fraction of sp³-hybridized carbons (Fsp3) is 0.0588. The fourth-order valence-electron chi connectivity index (χ4n) is 2.44. The van der Waals surface area contributed by atoms with Crippen molar-refractivity contribution in [2.24, 2.45) is 0 Å². The van der Waals surface area contributed by atoms with Crippen LogP contribution >= 0.6 is 11.6 Å². The maximum absolute atomic E-state index is 11.7. The van der Waals surface area contributed by atoms with Crippen LogP contribution in [0.5, 0.6) is 5.75 Å². The quantitative estimate of drug-likeness (QED) is 0.762. The van der Waals surface area contributed by atoms with Gasteiger partial charge in [0.1, 0.15) is 5.75 Å². The molecule has 3 rings (SSSR count). The molecule has 6 heteroatoms. The number of nitrogens with zero attached hydrogens (tertiary/aromatic N) is 1. The van der Waals surface area contributed by atoms with Crippen molar-refractivity contribution in [2.45, 2.75) is 0 Å². The summed E-state index contributed by atoms with van der Waals surface area (Å²) < 4.78 is 5.15. The monoisotopic (exact) mass is 328 g/mol. The van der Waals surface area contributed by atoms with Gasteiger partial charge >= 0.3 is 5.97 Å². The highest BCUT2D eigenvalue weighted by atomic mass is 35.5. The third kappa shape index (κ3) is 2.66. The van der Waals surface area contributed by atoms with E-state index >= 15 is 0 Å². The van der Waals surface area contributed by atoms with Gasteiger partial charge in [-0.3, -0.25) is 0 Å². The molecule has 0 aliphatic rings. The summed E-state index contributed by atoms with van der Waals surface area (Å²) in [6.07, 6.45) is 0. The molecule has 0 saturated heterocycles. The molecular formula is C17H13ClN2O3. The molecule has 5 nitrogen and oxygen atoms in total. The Bertz CT molecular complexity index is 908. The van der Waals surface area contributed by atoms with Crippen LogP contribution < -0.4 is 10.5 Å². The molecule has 0 fully saturated rings. The number of carboxylic acids is 1. The summed E-state index contributed by atoms with van der Waals surface area (Å²) in [7, 11) is 1.51. The van der Waals surface area contributed by atoms with Gasteiger partial charge in [-0.2, -0.15) is 0 Å². The highest BCUT2D eigenvalue weighted by Gasteiger charge is 2.19. The molecule has 1 aromatic heterocycles. The first-order valence-corrected chi connectivity index (χ1v) is 7.15. The Labute approximate surface area is 137 Å². The minimum absolute atomic E-state index is 0.0128.